The maximum absolute atomic E-state index is 5.08. The molecule has 0 spiro atoms. The first-order valence-electron chi connectivity index (χ1n) is 10.7. The van der Waals surface area contributed by atoms with Crippen LogP contribution in [-0.4, -0.2) is 33.3 Å². The van der Waals surface area contributed by atoms with Gasteiger partial charge in [0.05, 0.1) is 5.69 Å². The summed E-state index contributed by atoms with van der Waals surface area (Å²) in [6, 6.07) is 2.17. The van der Waals surface area contributed by atoms with Crippen molar-refractivity contribution in [1.82, 2.24) is 20.2 Å². The van der Waals surface area contributed by atoms with Crippen LogP contribution < -0.4 is 10.2 Å². The number of anilines is 3. The van der Waals surface area contributed by atoms with E-state index in [9.17, 15) is 0 Å². The summed E-state index contributed by atoms with van der Waals surface area (Å²) in [7, 11) is 0. The predicted octanol–water partition coefficient (Wildman–Crippen LogP) is 4.42. The summed E-state index contributed by atoms with van der Waals surface area (Å²) >= 11 is 0. The Balaban J connectivity index is 1.35. The topological polar surface area (TPSA) is 69.7 Å². The predicted molar refractivity (Wildman–Crippen MR) is 106 cm³/mol. The summed E-state index contributed by atoms with van der Waals surface area (Å²) in [5, 5.41) is 11.3. The zero-order valence-corrected chi connectivity index (χ0v) is 16.0. The average molecular weight is 364 g/mol. The monoisotopic (exact) mass is 364 g/mol. The molecule has 2 saturated carbocycles. The van der Waals surface area contributed by atoms with E-state index in [2.05, 4.69) is 33.4 Å². The number of hydrogen-bond donors (Lipinski definition) is 2. The van der Waals surface area contributed by atoms with E-state index in [1.807, 2.05) is 0 Å². The molecule has 0 amide bonds. The highest BCUT2D eigenvalue weighted by atomic mass is 15.3. The molecule has 6 nitrogen and oxygen atoms in total. The molecule has 0 aromatic carbocycles. The highest BCUT2D eigenvalue weighted by Crippen LogP contribution is 2.55. The van der Waals surface area contributed by atoms with E-state index in [1.54, 1.807) is 0 Å². The molecule has 142 valence electrons. The molecule has 1 saturated heterocycles. The third-order valence-corrected chi connectivity index (χ3v) is 7.12. The van der Waals surface area contributed by atoms with Crippen LogP contribution >= 0.6 is 0 Å². The Morgan fingerprint density at radius 2 is 1.78 bits per heavy atom. The third-order valence-electron chi connectivity index (χ3n) is 7.12. The molecule has 6 heteroatoms. The maximum Gasteiger partial charge on any atom is 0.227 e. The Kier molecular flexibility index (Phi) is 3.50. The Hall–Kier alpha value is -2.11. The van der Waals surface area contributed by atoms with Crippen LogP contribution in [0.1, 0.15) is 86.6 Å². The molecule has 2 aromatic heterocycles. The van der Waals surface area contributed by atoms with Gasteiger partial charge in [-0.3, -0.25) is 5.10 Å². The first-order valence-corrected chi connectivity index (χ1v) is 10.7. The van der Waals surface area contributed by atoms with Crippen LogP contribution in [0.15, 0.2) is 6.07 Å². The lowest BCUT2D eigenvalue weighted by Crippen LogP contribution is -2.34. The number of rotatable bonds is 4. The molecule has 0 radical (unpaired) electrons. The number of H-pyrrole nitrogens is 1. The van der Waals surface area contributed by atoms with Crippen molar-refractivity contribution < 1.29 is 0 Å². The van der Waals surface area contributed by atoms with Crippen molar-refractivity contribution in [3.63, 3.8) is 0 Å². The zero-order valence-electron chi connectivity index (χ0n) is 16.0. The van der Waals surface area contributed by atoms with Crippen molar-refractivity contribution in [2.45, 2.75) is 69.6 Å². The van der Waals surface area contributed by atoms with Gasteiger partial charge in [0.1, 0.15) is 5.82 Å². The lowest BCUT2D eigenvalue weighted by atomic mass is 9.96. The van der Waals surface area contributed by atoms with Crippen LogP contribution in [0.25, 0.3) is 0 Å². The van der Waals surface area contributed by atoms with Gasteiger partial charge in [-0.25, -0.2) is 4.98 Å². The van der Waals surface area contributed by atoms with Gasteiger partial charge in [-0.15, -0.1) is 0 Å². The van der Waals surface area contributed by atoms with Gasteiger partial charge in [0, 0.05) is 42.2 Å². The minimum absolute atomic E-state index is 0.629. The second kappa shape index (κ2) is 5.94. The summed E-state index contributed by atoms with van der Waals surface area (Å²) in [6.45, 7) is 4.49. The SMILES string of the molecule is CC1CCN(c2nc(Nc3cc(C4CC4)[nH]n3)c3c(n2)C2CCC3C2)CC1. The second-order valence-corrected chi connectivity index (χ2v) is 9.16. The molecule has 27 heavy (non-hydrogen) atoms. The second-order valence-electron chi connectivity index (χ2n) is 9.16. The van der Waals surface area contributed by atoms with Gasteiger partial charge in [-0.05, 0) is 56.8 Å². The number of piperidine rings is 1. The molecule has 2 aromatic rings. The quantitative estimate of drug-likeness (QED) is 0.840. The maximum atomic E-state index is 5.08. The minimum Gasteiger partial charge on any atom is -0.341 e. The average Bonchev–Trinajstić information content (AvgIpc) is 3.11. The van der Waals surface area contributed by atoms with Crippen LogP contribution in [0.5, 0.6) is 0 Å². The van der Waals surface area contributed by atoms with Crippen molar-refractivity contribution in [2.75, 3.05) is 23.3 Å². The summed E-state index contributed by atoms with van der Waals surface area (Å²) in [5.74, 6) is 5.60. The van der Waals surface area contributed by atoms with E-state index in [0.29, 0.717) is 17.8 Å². The van der Waals surface area contributed by atoms with Gasteiger partial charge in [0.2, 0.25) is 5.95 Å². The highest BCUT2D eigenvalue weighted by Gasteiger charge is 2.41. The molecule has 2 N–H and O–H groups in total. The van der Waals surface area contributed by atoms with Gasteiger partial charge in [0.25, 0.3) is 0 Å². The lowest BCUT2D eigenvalue weighted by Gasteiger charge is -2.31. The van der Waals surface area contributed by atoms with Crippen LogP contribution in [0.2, 0.25) is 0 Å². The molecular weight excluding hydrogens is 336 g/mol. The minimum atomic E-state index is 0.629. The Bertz CT molecular complexity index is 862. The van der Waals surface area contributed by atoms with Crippen molar-refractivity contribution in [2.24, 2.45) is 5.92 Å². The van der Waals surface area contributed by atoms with Gasteiger partial charge >= 0.3 is 0 Å². The van der Waals surface area contributed by atoms with Crippen molar-refractivity contribution >= 4 is 17.6 Å². The molecule has 6 rings (SSSR count). The molecule has 2 unspecified atom stereocenters. The Morgan fingerprint density at radius 3 is 2.59 bits per heavy atom. The first kappa shape index (κ1) is 15.9. The normalized spacial score (nSPS) is 27.2. The first-order chi connectivity index (χ1) is 13.2. The standard InChI is InChI=1S/C21H28N6/c1-12-6-8-27(9-7-12)21-23-19-15-5-4-14(10-15)18(19)20(24-21)22-17-11-16(25-26-17)13-2-3-13/h11-15H,2-10H2,1H3,(H2,22,23,24,25,26). The van der Waals surface area contributed by atoms with Crippen LogP contribution in [-0.2, 0) is 0 Å². The molecule has 1 aliphatic heterocycles. The van der Waals surface area contributed by atoms with E-state index < -0.39 is 0 Å². The van der Waals surface area contributed by atoms with Crippen LogP contribution in [0.3, 0.4) is 0 Å². The fourth-order valence-electron chi connectivity index (χ4n) is 5.25. The summed E-state index contributed by atoms with van der Waals surface area (Å²) < 4.78 is 0. The number of nitrogens with zero attached hydrogens (tertiary/aromatic N) is 4. The zero-order chi connectivity index (χ0) is 18.0. The molecule has 2 bridgehead atoms. The lowest BCUT2D eigenvalue weighted by molar-refractivity contribution is 0.434. The van der Waals surface area contributed by atoms with E-state index in [0.717, 1.165) is 36.6 Å². The Morgan fingerprint density at radius 1 is 1.00 bits per heavy atom. The van der Waals surface area contributed by atoms with Gasteiger partial charge in [-0.1, -0.05) is 6.92 Å². The van der Waals surface area contributed by atoms with Crippen LogP contribution in [0, 0.1) is 5.92 Å². The number of aromatic amines is 1. The van der Waals surface area contributed by atoms with E-state index in [1.165, 1.54) is 61.9 Å². The van der Waals surface area contributed by atoms with E-state index in [4.69, 9.17) is 9.97 Å². The number of fused-ring (bicyclic) bond motifs is 5. The van der Waals surface area contributed by atoms with Crippen LogP contribution in [0.4, 0.5) is 17.6 Å². The van der Waals surface area contributed by atoms with E-state index in [-0.39, 0.29) is 0 Å². The highest BCUT2D eigenvalue weighted by molar-refractivity contribution is 5.63. The molecule has 3 fully saturated rings. The van der Waals surface area contributed by atoms with Crippen molar-refractivity contribution in [1.29, 1.82) is 0 Å². The molecule has 2 atom stereocenters. The molecule has 4 aliphatic rings. The number of nitrogens with one attached hydrogen (secondary N) is 2. The van der Waals surface area contributed by atoms with Crippen molar-refractivity contribution in [3.8, 4) is 0 Å². The number of aromatic nitrogens is 4. The smallest absolute Gasteiger partial charge is 0.227 e. The van der Waals surface area contributed by atoms with Gasteiger partial charge in [0.15, 0.2) is 5.82 Å². The Labute approximate surface area is 160 Å². The van der Waals surface area contributed by atoms with E-state index >= 15 is 0 Å². The van der Waals surface area contributed by atoms with Gasteiger partial charge < -0.3 is 10.2 Å². The molecule has 3 heterocycles. The summed E-state index contributed by atoms with van der Waals surface area (Å²) in [5.41, 5.74) is 3.95. The molecular formula is C21H28N6. The summed E-state index contributed by atoms with van der Waals surface area (Å²) in [6.07, 6.45) is 8.87. The third kappa shape index (κ3) is 2.72. The fraction of sp³-hybridized carbons (Fsp3) is 0.667. The number of hydrogen-bond acceptors (Lipinski definition) is 5. The molecule has 3 aliphatic carbocycles. The summed E-state index contributed by atoms with van der Waals surface area (Å²) in [4.78, 5) is 12.5. The van der Waals surface area contributed by atoms with Gasteiger partial charge in [-0.2, -0.15) is 10.1 Å². The largest absolute Gasteiger partial charge is 0.341 e. The fourth-order valence-corrected chi connectivity index (χ4v) is 5.25. The van der Waals surface area contributed by atoms with Crippen molar-refractivity contribution in [3.05, 3.63) is 23.0 Å².